The van der Waals surface area contributed by atoms with Gasteiger partial charge in [-0.25, -0.2) is 0 Å². The van der Waals surface area contributed by atoms with Crippen LogP contribution in [0.1, 0.15) is 58.8 Å². The van der Waals surface area contributed by atoms with Gasteiger partial charge in [-0.3, -0.25) is 4.79 Å². The summed E-state index contributed by atoms with van der Waals surface area (Å²) < 4.78 is 0. The van der Waals surface area contributed by atoms with Gasteiger partial charge in [-0.1, -0.05) is 19.4 Å². The molecule has 4 aliphatic carbocycles. The van der Waals surface area contributed by atoms with E-state index in [1.54, 1.807) is 0 Å². The zero-order valence-corrected chi connectivity index (χ0v) is 13.7. The Morgan fingerprint density at radius 1 is 1.18 bits per heavy atom. The van der Waals surface area contributed by atoms with E-state index in [0.717, 1.165) is 37.8 Å². The highest BCUT2D eigenvalue weighted by molar-refractivity contribution is 5.94. The zero-order valence-electron chi connectivity index (χ0n) is 13.7. The Balaban J connectivity index is 1.75. The van der Waals surface area contributed by atoms with Gasteiger partial charge in [0.1, 0.15) is 5.78 Å². The molecule has 0 radical (unpaired) electrons. The molecule has 120 valence electrons. The minimum atomic E-state index is -0.366. The van der Waals surface area contributed by atoms with Crippen LogP contribution in [0.2, 0.25) is 0 Å². The van der Waals surface area contributed by atoms with Crippen LogP contribution in [0, 0.1) is 34.0 Å². The van der Waals surface area contributed by atoms with Crippen molar-refractivity contribution in [1.82, 2.24) is 0 Å². The number of allylic oxidation sites excluding steroid dienone is 2. The van der Waals surface area contributed by atoms with E-state index >= 15 is 0 Å². The van der Waals surface area contributed by atoms with Gasteiger partial charge in [-0.15, -0.1) is 0 Å². The van der Waals surface area contributed by atoms with E-state index in [1.165, 1.54) is 5.57 Å². The Hall–Kier alpha value is -0.960. The maximum absolute atomic E-state index is 12.4. The number of hydrogen-bond acceptors (Lipinski definition) is 3. The number of ketones is 1. The van der Waals surface area contributed by atoms with E-state index in [-0.39, 0.29) is 22.9 Å². The van der Waals surface area contributed by atoms with Crippen LogP contribution in [0.3, 0.4) is 0 Å². The van der Waals surface area contributed by atoms with E-state index in [9.17, 15) is 9.90 Å². The second-order valence-electron chi connectivity index (χ2n) is 8.60. The monoisotopic (exact) mass is 301 g/mol. The summed E-state index contributed by atoms with van der Waals surface area (Å²) in [5.41, 5.74) is 1.90. The summed E-state index contributed by atoms with van der Waals surface area (Å²) in [6, 6.07) is 0. The number of rotatable bonds is 0. The van der Waals surface area contributed by atoms with Gasteiger partial charge < -0.3 is 10.5 Å². The lowest BCUT2D eigenvalue weighted by molar-refractivity contribution is -0.145. The predicted molar refractivity (Wildman–Crippen MR) is 85.8 cm³/mol. The average Bonchev–Trinajstić information content (AvgIpc) is 2.75. The van der Waals surface area contributed by atoms with Crippen molar-refractivity contribution in [3.05, 3.63) is 11.6 Å². The summed E-state index contributed by atoms with van der Waals surface area (Å²) in [6.45, 7) is 4.42. The molecule has 0 aromatic heterocycles. The van der Waals surface area contributed by atoms with Crippen molar-refractivity contribution in [2.45, 2.75) is 64.9 Å². The smallest absolute Gasteiger partial charge is 0.139 e. The fourth-order valence-corrected chi connectivity index (χ4v) is 6.49. The van der Waals surface area contributed by atoms with Crippen LogP contribution in [-0.4, -0.2) is 22.7 Å². The van der Waals surface area contributed by atoms with Crippen molar-refractivity contribution in [3.63, 3.8) is 0 Å². The Morgan fingerprint density at radius 3 is 2.73 bits per heavy atom. The molecule has 0 heterocycles. The summed E-state index contributed by atoms with van der Waals surface area (Å²) >= 11 is 0. The molecule has 0 bridgehead atoms. The van der Waals surface area contributed by atoms with E-state index in [2.05, 4.69) is 19.9 Å². The highest BCUT2D eigenvalue weighted by Crippen LogP contribution is 2.64. The largest absolute Gasteiger partial charge is 0.393 e. The maximum atomic E-state index is 12.4. The van der Waals surface area contributed by atoms with E-state index in [0.29, 0.717) is 30.5 Å². The molecule has 0 amide bonds. The summed E-state index contributed by atoms with van der Waals surface area (Å²) in [7, 11) is 0. The standard InChI is InChI=1S/C19H27NO2/c1-18-8-7-12(20)9-11(18)3-4-13-14-5-6-16(22)19(14,2)10-15(21)17(13)18/h9,13-15,17,20-21H,3-8,10H2,1-2H3. The van der Waals surface area contributed by atoms with Crippen LogP contribution < -0.4 is 0 Å². The lowest BCUT2D eigenvalue weighted by atomic mass is 9.46. The molecule has 4 aliphatic rings. The van der Waals surface area contributed by atoms with Crippen LogP contribution in [-0.2, 0) is 4.79 Å². The molecule has 2 N–H and O–H groups in total. The van der Waals surface area contributed by atoms with Gasteiger partial charge in [0.05, 0.1) is 6.10 Å². The van der Waals surface area contributed by atoms with Crippen molar-refractivity contribution in [2.24, 2.45) is 28.6 Å². The minimum absolute atomic E-state index is 0.0415. The fraction of sp³-hybridized carbons (Fsp3) is 0.789. The van der Waals surface area contributed by atoms with Gasteiger partial charge in [0.2, 0.25) is 0 Å². The van der Waals surface area contributed by atoms with E-state index < -0.39 is 0 Å². The Morgan fingerprint density at radius 2 is 1.95 bits per heavy atom. The van der Waals surface area contributed by atoms with Crippen LogP contribution in [0.15, 0.2) is 11.6 Å². The lowest BCUT2D eigenvalue weighted by Crippen LogP contribution is -2.56. The van der Waals surface area contributed by atoms with Crippen molar-refractivity contribution in [2.75, 3.05) is 0 Å². The summed E-state index contributed by atoms with van der Waals surface area (Å²) in [5, 5.41) is 18.9. The molecule has 3 nitrogen and oxygen atoms in total. The number of carbonyl (C=O) groups is 1. The Kier molecular flexibility index (Phi) is 3.01. The quantitative estimate of drug-likeness (QED) is 0.719. The second-order valence-corrected chi connectivity index (χ2v) is 8.60. The van der Waals surface area contributed by atoms with Crippen LogP contribution in [0.25, 0.3) is 0 Å². The van der Waals surface area contributed by atoms with Crippen LogP contribution in [0.5, 0.6) is 0 Å². The molecule has 4 rings (SSSR count). The van der Waals surface area contributed by atoms with Gasteiger partial charge in [-0.05, 0) is 67.8 Å². The van der Waals surface area contributed by atoms with Gasteiger partial charge in [0.15, 0.2) is 0 Å². The Labute approximate surface area is 132 Å². The first kappa shape index (κ1) is 14.6. The first-order valence-electron chi connectivity index (χ1n) is 8.86. The minimum Gasteiger partial charge on any atom is -0.393 e. The van der Waals surface area contributed by atoms with E-state index in [4.69, 9.17) is 5.41 Å². The SMILES string of the molecule is CC12CC(O)C3C(CCC4=CC(=N)CCC43C)C1CCC2=O. The third-order valence-corrected chi connectivity index (χ3v) is 7.64. The van der Waals surface area contributed by atoms with Crippen molar-refractivity contribution >= 4 is 11.5 Å². The first-order chi connectivity index (χ1) is 10.4. The third-order valence-electron chi connectivity index (χ3n) is 7.64. The molecule has 0 aromatic carbocycles. The normalized spacial score (nSPS) is 51.0. The molecular weight excluding hydrogens is 274 g/mol. The fourth-order valence-electron chi connectivity index (χ4n) is 6.49. The van der Waals surface area contributed by atoms with Gasteiger partial charge in [0.25, 0.3) is 0 Å². The number of carbonyl (C=O) groups excluding carboxylic acids is 1. The van der Waals surface area contributed by atoms with Crippen LogP contribution >= 0.6 is 0 Å². The van der Waals surface area contributed by atoms with Gasteiger partial charge >= 0.3 is 0 Å². The molecule has 6 unspecified atom stereocenters. The highest BCUT2D eigenvalue weighted by Gasteiger charge is 2.61. The average molecular weight is 301 g/mol. The number of fused-ring (bicyclic) bond motifs is 5. The van der Waals surface area contributed by atoms with Crippen LogP contribution in [0.4, 0.5) is 0 Å². The molecule has 0 aromatic rings. The molecule has 6 atom stereocenters. The molecule has 3 heteroatoms. The molecule has 0 spiro atoms. The number of aliphatic hydroxyl groups is 1. The number of Topliss-reactive ketones (excluding diaryl/α,β-unsaturated/α-hetero) is 1. The number of nitrogens with one attached hydrogen (secondary N) is 1. The first-order valence-corrected chi connectivity index (χ1v) is 8.86. The van der Waals surface area contributed by atoms with Gasteiger partial charge in [-0.2, -0.15) is 0 Å². The molecule has 3 fully saturated rings. The lowest BCUT2D eigenvalue weighted by Gasteiger charge is -2.58. The molecule has 0 aliphatic heterocycles. The predicted octanol–water partition coefficient (Wildman–Crippen LogP) is 3.51. The molecule has 3 saturated carbocycles. The Bertz CT molecular complexity index is 580. The van der Waals surface area contributed by atoms with E-state index in [1.807, 2.05) is 0 Å². The topological polar surface area (TPSA) is 61.1 Å². The number of aliphatic hydroxyl groups excluding tert-OH is 1. The summed E-state index contributed by atoms with van der Waals surface area (Å²) in [6.07, 6.45) is 8.06. The van der Waals surface area contributed by atoms with Crippen molar-refractivity contribution in [3.8, 4) is 0 Å². The molecule has 22 heavy (non-hydrogen) atoms. The number of hydrogen-bond donors (Lipinski definition) is 2. The highest BCUT2D eigenvalue weighted by atomic mass is 16.3. The maximum Gasteiger partial charge on any atom is 0.139 e. The third kappa shape index (κ3) is 1.72. The molecular formula is C19H27NO2. The zero-order chi connectivity index (χ0) is 15.7. The summed E-state index contributed by atoms with van der Waals surface area (Å²) in [5.74, 6) is 1.61. The van der Waals surface area contributed by atoms with Crippen molar-refractivity contribution in [1.29, 1.82) is 5.41 Å². The second kappa shape index (κ2) is 4.53. The van der Waals surface area contributed by atoms with Gasteiger partial charge in [0, 0.05) is 17.5 Å². The molecule has 0 saturated heterocycles. The van der Waals surface area contributed by atoms with Crippen molar-refractivity contribution < 1.29 is 9.90 Å². The summed E-state index contributed by atoms with van der Waals surface area (Å²) in [4.78, 5) is 12.4.